The number of hydrogen-bond donors (Lipinski definition) is 0. The van der Waals surface area contributed by atoms with Crippen molar-refractivity contribution in [2.24, 2.45) is 0 Å². The molecule has 0 aliphatic carbocycles. The molecule has 8 nitrogen and oxygen atoms in total. The largest absolute Gasteiger partial charge is 0.454 e. The Kier molecular flexibility index (Phi) is 3.68. The van der Waals surface area contributed by atoms with Crippen LogP contribution >= 0.6 is 0 Å². The molecular formula is C19H21N5O3. The highest BCUT2D eigenvalue weighted by Gasteiger charge is 2.23. The normalized spacial score (nSPS) is 16.3. The van der Waals surface area contributed by atoms with E-state index < -0.39 is 0 Å². The summed E-state index contributed by atoms with van der Waals surface area (Å²) < 4.78 is 14.4. The molecule has 0 spiro atoms. The Bertz CT molecular complexity index is 1080. The van der Waals surface area contributed by atoms with Gasteiger partial charge in [0.1, 0.15) is 11.2 Å². The average molecular weight is 367 g/mol. The molecule has 0 radical (unpaired) electrons. The summed E-state index contributed by atoms with van der Waals surface area (Å²) in [5.41, 5.74) is 1.83. The van der Waals surface area contributed by atoms with Crippen molar-refractivity contribution >= 4 is 11.0 Å². The minimum atomic E-state index is 0.00429. The maximum absolute atomic E-state index is 12.8. The van der Waals surface area contributed by atoms with Gasteiger partial charge >= 0.3 is 0 Å². The van der Waals surface area contributed by atoms with Gasteiger partial charge in [-0.25, -0.2) is 9.67 Å². The Labute approximate surface area is 155 Å². The molecule has 27 heavy (non-hydrogen) atoms. The van der Waals surface area contributed by atoms with Crippen LogP contribution in [0.4, 0.5) is 0 Å². The van der Waals surface area contributed by atoms with E-state index >= 15 is 0 Å². The minimum Gasteiger partial charge on any atom is -0.454 e. The van der Waals surface area contributed by atoms with Gasteiger partial charge in [0.05, 0.1) is 12.7 Å². The van der Waals surface area contributed by atoms with E-state index in [4.69, 9.17) is 14.5 Å². The van der Waals surface area contributed by atoms with Gasteiger partial charge in [-0.05, 0) is 31.5 Å². The number of aromatic nitrogens is 4. The van der Waals surface area contributed by atoms with Gasteiger partial charge in [-0.1, -0.05) is 6.07 Å². The molecule has 0 unspecified atom stereocenters. The van der Waals surface area contributed by atoms with Gasteiger partial charge in [-0.3, -0.25) is 14.3 Å². The first-order valence-electron chi connectivity index (χ1n) is 9.18. The number of rotatable bonds is 3. The Morgan fingerprint density at radius 2 is 2.04 bits per heavy atom. The first kappa shape index (κ1) is 16.3. The van der Waals surface area contributed by atoms with Crippen LogP contribution in [0.2, 0.25) is 0 Å². The first-order chi connectivity index (χ1) is 13.1. The zero-order valence-corrected chi connectivity index (χ0v) is 15.4. The summed E-state index contributed by atoms with van der Waals surface area (Å²) in [5, 5.41) is 4.94. The van der Waals surface area contributed by atoms with Crippen LogP contribution < -0.4 is 15.0 Å². The average Bonchev–Trinajstić information content (AvgIpc) is 3.28. The van der Waals surface area contributed by atoms with E-state index in [2.05, 4.69) is 16.1 Å². The maximum atomic E-state index is 12.8. The topological polar surface area (TPSA) is 74.4 Å². The third kappa shape index (κ3) is 2.68. The van der Waals surface area contributed by atoms with Crippen molar-refractivity contribution in [3.63, 3.8) is 0 Å². The second kappa shape index (κ2) is 6.09. The molecule has 0 fully saturated rings. The van der Waals surface area contributed by atoms with Crippen LogP contribution in [0.25, 0.3) is 11.0 Å². The van der Waals surface area contributed by atoms with E-state index in [1.807, 2.05) is 30.7 Å². The molecule has 0 amide bonds. The molecule has 0 saturated carbocycles. The lowest BCUT2D eigenvalue weighted by molar-refractivity contribution is 0.173. The summed E-state index contributed by atoms with van der Waals surface area (Å²) in [5.74, 6) is 2.38. The predicted molar refractivity (Wildman–Crippen MR) is 98.9 cm³/mol. The summed E-state index contributed by atoms with van der Waals surface area (Å²) in [6.45, 7) is 7.19. The van der Waals surface area contributed by atoms with Crippen molar-refractivity contribution < 1.29 is 9.47 Å². The zero-order valence-electron chi connectivity index (χ0n) is 15.4. The third-order valence-corrected chi connectivity index (χ3v) is 5.13. The van der Waals surface area contributed by atoms with Gasteiger partial charge in [0.25, 0.3) is 5.56 Å². The molecule has 140 valence electrons. The standard InChI is InChI=1S/C19H21N5O3/c1-12(2)24-18-14(8-20-24)19(25)23-6-5-22(10-17(23)21-18)9-13-3-4-15-16(7-13)27-11-26-15/h3-4,7-8,12H,5-6,9-11H2,1-2H3. The molecule has 0 atom stereocenters. The minimum absolute atomic E-state index is 0.00429. The molecule has 1 aromatic carbocycles. The van der Waals surface area contributed by atoms with E-state index in [9.17, 15) is 4.79 Å². The lowest BCUT2D eigenvalue weighted by Crippen LogP contribution is -2.39. The highest BCUT2D eigenvalue weighted by molar-refractivity contribution is 5.73. The van der Waals surface area contributed by atoms with Crippen LogP contribution in [0.5, 0.6) is 11.5 Å². The molecule has 2 aliphatic heterocycles. The molecule has 0 N–H and O–H groups in total. The van der Waals surface area contributed by atoms with Gasteiger partial charge < -0.3 is 9.47 Å². The number of ether oxygens (including phenoxy) is 2. The van der Waals surface area contributed by atoms with Crippen molar-refractivity contribution in [2.75, 3.05) is 13.3 Å². The van der Waals surface area contributed by atoms with Crippen molar-refractivity contribution in [1.29, 1.82) is 0 Å². The molecule has 3 aromatic rings. The quantitative estimate of drug-likeness (QED) is 0.704. The number of hydrogen-bond acceptors (Lipinski definition) is 6. The molecule has 4 heterocycles. The van der Waals surface area contributed by atoms with Crippen LogP contribution in [0.1, 0.15) is 31.3 Å². The van der Waals surface area contributed by atoms with E-state index in [0.29, 0.717) is 24.1 Å². The SMILES string of the molecule is CC(C)n1ncc2c(=O)n3c(nc21)CN(Cc1ccc2c(c1)OCO2)CC3. The van der Waals surface area contributed by atoms with Crippen LogP contribution in [0, 0.1) is 0 Å². The molecule has 2 aliphatic rings. The molecule has 5 rings (SSSR count). The van der Waals surface area contributed by atoms with E-state index in [1.165, 1.54) is 0 Å². The van der Waals surface area contributed by atoms with E-state index in [1.54, 1.807) is 10.8 Å². The summed E-state index contributed by atoms with van der Waals surface area (Å²) >= 11 is 0. The first-order valence-corrected chi connectivity index (χ1v) is 9.18. The highest BCUT2D eigenvalue weighted by Crippen LogP contribution is 2.33. The van der Waals surface area contributed by atoms with Gasteiger partial charge in [0.15, 0.2) is 17.1 Å². The molecule has 0 saturated heterocycles. The van der Waals surface area contributed by atoms with Crippen LogP contribution in [0.3, 0.4) is 0 Å². The molecule has 8 heteroatoms. The Balaban J connectivity index is 1.45. The molecule has 0 bridgehead atoms. The highest BCUT2D eigenvalue weighted by atomic mass is 16.7. The maximum Gasteiger partial charge on any atom is 0.264 e. The van der Waals surface area contributed by atoms with E-state index in [0.717, 1.165) is 36.0 Å². The Morgan fingerprint density at radius 1 is 1.19 bits per heavy atom. The van der Waals surface area contributed by atoms with Crippen molar-refractivity contribution in [2.45, 2.75) is 39.5 Å². The van der Waals surface area contributed by atoms with Crippen LogP contribution in [0.15, 0.2) is 29.2 Å². The van der Waals surface area contributed by atoms with Gasteiger partial charge in [-0.2, -0.15) is 5.10 Å². The van der Waals surface area contributed by atoms with Gasteiger partial charge in [0, 0.05) is 25.7 Å². The monoisotopic (exact) mass is 367 g/mol. The molecular weight excluding hydrogens is 346 g/mol. The summed E-state index contributed by atoms with van der Waals surface area (Å²) in [6.07, 6.45) is 1.64. The summed E-state index contributed by atoms with van der Waals surface area (Å²) in [6, 6.07) is 6.18. The fourth-order valence-corrected chi connectivity index (χ4v) is 3.75. The van der Waals surface area contributed by atoms with Crippen molar-refractivity contribution in [3.8, 4) is 11.5 Å². The second-order valence-corrected chi connectivity index (χ2v) is 7.30. The lowest BCUT2D eigenvalue weighted by atomic mass is 10.1. The predicted octanol–water partition coefficient (Wildman–Crippen LogP) is 1.92. The summed E-state index contributed by atoms with van der Waals surface area (Å²) in [7, 11) is 0. The van der Waals surface area contributed by atoms with Crippen LogP contribution in [-0.4, -0.2) is 37.6 Å². The smallest absolute Gasteiger partial charge is 0.264 e. The molecule has 2 aromatic heterocycles. The van der Waals surface area contributed by atoms with Crippen molar-refractivity contribution in [1.82, 2.24) is 24.2 Å². The van der Waals surface area contributed by atoms with Gasteiger partial charge in [0.2, 0.25) is 6.79 Å². The van der Waals surface area contributed by atoms with Crippen LogP contribution in [-0.2, 0) is 19.6 Å². The zero-order chi connectivity index (χ0) is 18.5. The fraction of sp³-hybridized carbons (Fsp3) is 0.421. The second-order valence-electron chi connectivity index (χ2n) is 7.30. The number of fused-ring (bicyclic) bond motifs is 3. The third-order valence-electron chi connectivity index (χ3n) is 5.13. The fourth-order valence-electron chi connectivity index (χ4n) is 3.75. The van der Waals surface area contributed by atoms with Crippen molar-refractivity contribution in [3.05, 3.63) is 46.1 Å². The summed E-state index contributed by atoms with van der Waals surface area (Å²) in [4.78, 5) is 19.9. The Hall–Kier alpha value is -2.87. The number of nitrogens with zero attached hydrogens (tertiary/aromatic N) is 5. The van der Waals surface area contributed by atoms with E-state index in [-0.39, 0.29) is 18.4 Å². The lowest BCUT2D eigenvalue weighted by Gasteiger charge is -2.29. The Morgan fingerprint density at radius 3 is 2.89 bits per heavy atom. The number of benzene rings is 1. The van der Waals surface area contributed by atoms with Gasteiger partial charge in [-0.15, -0.1) is 0 Å².